The molecular formula is C34H35F2N5O2. The van der Waals surface area contributed by atoms with Crippen LogP contribution < -0.4 is 5.32 Å². The number of benzene rings is 3. The molecule has 0 saturated heterocycles. The van der Waals surface area contributed by atoms with Crippen molar-refractivity contribution in [2.75, 3.05) is 13.7 Å². The lowest BCUT2D eigenvalue weighted by Crippen LogP contribution is -2.38. The summed E-state index contributed by atoms with van der Waals surface area (Å²) in [5, 5.41) is 13.6. The van der Waals surface area contributed by atoms with E-state index in [9.17, 15) is 13.6 Å². The summed E-state index contributed by atoms with van der Waals surface area (Å²) >= 11 is 0. The number of nitrogens with zero attached hydrogens (tertiary/aromatic N) is 4. The second-order valence-electron chi connectivity index (χ2n) is 11.5. The zero-order valence-electron chi connectivity index (χ0n) is 24.6. The third-order valence-corrected chi connectivity index (χ3v) is 8.70. The summed E-state index contributed by atoms with van der Waals surface area (Å²) < 4.78 is 36.9. The van der Waals surface area contributed by atoms with Crippen LogP contribution in [0.4, 0.5) is 8.78 Å². The molecule has 222 valence electrons. The van der Waals surface area contributed by atoms with Gasteiger partial charge in [0.2, 0.25) is 5.91 Å². The van der Waals surface area contributed by atoms with Crippen molar-refractivity contribution in [3.63, 3.8) is 0 Å². The van der Waals surface area contributed by atoms with Gasteiger partial charge in [0.05, 0.1) is 35.2 Å². The monoisotopic (exact) mass is 583 g/mol. The van der Waals surface area contributed by atoms with Gasteiger partial charge in [-0.25, -0.2) is 13.5 Å². The van der Waals surface area contributed by atoms with E-state index in [0.717, 1.165) is 64.4 Å². The fraction of sp³-hybridized carbons (Fsp3) is 0.324. The van der Waals surface area contributed by atoms with Crippen molar-refractivity contribution in [3.8, 4) is 16.9 Å². The summed E-state index contributed by atoms with van der Waals surface area (Å²) in [6, 6.07) is 19.8. The summed E-state index contributed by atoms with van der Waals surface area (Å²) in [4.78, 5) is 13.7. The highest BCUT2D eigenvalue weighted by atomic mass is 19.2. The highest BCUT2D eigenvalue weighted by Gasteiger charge is 2.36. The summed E-state index contributed by atoms with van der Waals surface area (Å²) in [5.41, 5.74) is 6.05. The van der Waals surface area contributed by atoms with Crippen molar-refractivity contribution in [2.45, 2.75) is 44.6 Å². The Morgan fingerprint density at radius 3 is 2.63 bits per heavy atom. The maximum absolute atomic E-state index is 14.2. The third kappa shape index (κ3) is 5.82. The van der Waals surface area contributed by atoms with Gasteiger partial charge < -0.3 is 10.1 Å². The number of halogens is 2. The molecule has 2 aromatic heterocycles. The van der Waals surface area contributed by atoms with E-state index in [1.165, 1.54) is 6.07 Å². The van der Waals surface area contributed by atoms with Crippen LogP contribution in [0.25, 0.3) is 27.8 Å². The van der Waals surface area contributed by atoms with Crippen LogP contribution in [0.5, 0.6) is 0 Å². The molecule has 2 heterocycles. The fourth-order valence-corrected chi connectivity index (χ4v) is 6.45. The number of aromatic nitrogens is 4. The van der Waals surface area contributed by atoms with E-state index in [-0.39, 0.29) is 24.3 Å². The molecule has 7 nitrogen and oxygen atoms in total. The topological polar surface area (TPSA) is 74.0 Å². The van der Waals surface area contributed by atoms with Gasteiger partial charge in [0.25, 0.3) is 0 Å². The number of hydrogen-bond donors (Lipinski definition) is 1. The summed E-state index contributed by atoms with van der Waals surface area (Å²) in [6.07, 6.45) is 4.30. The van der Waals surface area contributed by atoms with Crippen LogP contribution in [-0.2, 0) is 23.0 Å². The Balaban J connectivity index is 1.30. The van der Waals surface area contributed by atoms with E-state index in [1.54, 1.807) is 13.2 Å². The molecule has 1 aliphatic carbocycles. The number of amides is 1. The second kappa shape index (κ2) is 12.1. The molecule has 3 aromatic carbocycles. The molecule has 0 spiro atoms. The number of carbonyl (C=O) groups excluding carboxylic acids is 1. The second-order valence-corrected chi connectivity index (χ2v) is 11.5. The number of nitrogens with one attached hydrogen (secondary N) is 1. The summed E-state index contributed by atoms with van der Waals surface area (Å²) in [5.74, 6) is -1.71. The van der Waals surface area contributed by atoms with Crippen LogP contribution >= 0.6 is 0 Å². The first-order valence-electron chi connectivity index (χ1n) is 14.6. The third-order valence-electron chi connectivity index (χ3n) is 8.70. The SMILES string of the molecule is COCC[C@@H]1C[C@@H](NC(=O)Cc2c(C)c(-c3ccc4c(cnn4C)c3)nn2-c2ccccc2)[C@H](c2ccc(F)c(F)c2)C1. The fourth-order valence-electron chi connectivity index (χ4n) is 6.45. The number of para-hydroxylation sites is 1. The molecule has 43 heavy (non-hydrogen) atoms. The lowest BCUT2D eigenvalue weighted by molar-refractivity contribution is -0.121. The highest BCUT2D eigenvalue weighted by molar-refractivity contribution is 5.85. The number of rotatable bonds is 9. The Kier molecular flexibility index (Phi) is 8.08. The molecule has 5 aromatic rings. The Hall–Kier alpha value is -4.37. The molecule has 1 amide bonds. The number of hydrogen-bond acceptors (Lipinski definition) is 4. The molecule has 1 aliphatic rings. The zero-order chi connectivity index (χ0) is 30.1. The molecule has 3 atom stereocenters. The number of ether oxygens (including phenoxy) is 1. The van der Waals surface area contributed by atoms with Gasteiger partial charge in [-0.05, 0) is 79.6 Å². The van der Waals surface area contributed by atoms with Crippen LogP contribution in [0.3, 0.4) is 0 Å². The Morgan fingerprint density at radius 2 is 1.86 bits per heavy atom. The Morgan fingerprint density at radius 1 is 1.05 bits per heavy atom. The van der Waals surface area contributed by atoms with E-state index < -0.39 is 11.6 Å². The minimum Gasteiger partial charge on any atom is -0.385 e. The number of aryl methyl sites for hydroxylation is 1. The van der Waals surface area contributed by atoms with Gasteiger partial charge in [-0.1, -0.05) is 30.3 Å². The van der Waals surface area contributed by atoms with Crippen molar-refractivity contribution >= 4 is 16.8 Å². The molecule has 0 aliphatic heterocycles. The van der Waals surface area contributed by atoms with E-state index in [0.29, 0.717) is 18.1 Å². The minimum absolute atomic E-state index is 0.118. The molecule has 1 N–H and O–H groups in total. The molecule has 6 rings (SSSR count). The van der Waals surface area contributed by atoms with Gasteiger partial charge in [0.15, 0.2) is 11.6 Å². The van der Waals surface area contributed by atoms with E-state index in [1.807, 2.05) is 72.0 Å². The predicted octanol–water partition coefficient (Wildman–Crippen LogP) is 6.27. The quantitative estimate of drug-likeness (QED) is 0.222. The number of fused-ring (bicyclic) bond motifs is 1. The molecular weight excluding hydrogens is 548 g/mol. The highest BCUT2D eigenvalue weighted by Crippen LogP contribution is 2.41. The number of methoxy groups -OCH3 is 1. The van der Waals surface area contributed by atoms with Crippen LogP contribution in [0.15, 0.2) is 72.9 Å². The van der Waals surface area contributed by atoms with Crippen LogP contribution in [-0.4, -0.2) is 45.2 Å². The van der Waals surface area contributed by atoms with Crippen molar-refractivity contribution in [1.29, 1.82) is 0 Å². The molecule has 1 fully saturated rings. The molecule has 0 unspecified atom stereocenters. The van der Waals surface area contributed by atoms with Crippen LogP contribution in [0.1, 0.15) is 42.0 Å². The minimum atomic E-state index is -0.874. The van der Waals surface area contributed by atoms with Gasteiger partial charge in [-0.15, -0.1) is 0 Å². The Bertz CT molecular complexity index is 1760. The molecule has 9 heteroatoms. The average molecular weight is 584 g/mol. The summed E-state index contributed by atoms with van der Waals surface area (Å²) in [6.45, 7) is 2.61. The first-order valence-corrected chi connectivity index (χ1v) is 14.6. The van der Waals surface area contributed by atoms with Gasteiger partial charge in [-0.3, -0.25) is 9.48 Å². The van der Waals surface area contributed by atoms with Crippen molar-refractivity contribution in [2.24, 2.45) is 13.0 Å². The number of carbonyl (C=O) groups is 1. The van der Waals surface area contributed by atoms with E-state index in [4.69, 9.17) is 9.84 Å². The Labute approximate surface area is 249 Å². The van der Waals surface area contributed by atoms with Crippen molar-refractivity contribution in [1.82, 2.24) is 24.9 Å². The molecule has 0 radical (unpaired) electrons. The maximum atomic E-state index is 14.2. The van der Waals surface area contributed by atoms with Crippen LogP contribution in [0.2, 0.25) is 0 Å². The lowest BCUT2D eigenvalue weighted by atomic mass is 9.93. The first-order chi connectivity index (χ1) is 20.8. The van der Waals surface area contributed by atoms with Gasteiger partial charge in [-0.2, -0.15) is 10.2 Å². The summed E-state index contributed by atoms with van der Waals surface area (Å²) in [7, 11) is 3.58. The van der Waals surface area contributed by atoms with Crippen LogP contribution in [0, 0.1) is 24.5 Å². The smallest absolute Gasteiger partial charge is 0.226 e. The molecule has 0 bridgehead atoms. The van der Waals surface area contributed by atoms with Gasteiger partial charge >= 0.3 is 0 Å². The van der Waals surface area contributed by atoms with E-state index in [2.05, 4.69) is 16.5 Å². The first kappa shape index (κ1) is 28.7. The van der Waals surface area contributed by atoms with Crippen molar-refractivity contribution in [3.05, 3.63) is 101 Å². The largest absolute Gasteiger partial charge is 0.385 e. The molecule has 1 saturated carbocycles. The van der Waals surface area contributed by atoms with E-state index >= 15 is 0 Å². The standard InChI is InChI=1S/C34H35F2N5O2/c1-21-32(19-33(42)38-30-16-22(13-14-43-3)15-27(30)23-9-11-28(35)29(36)18-23)41(26-7-5-4-6-8-26)39-34(21)24-10-12-31-25(17-24)20-37-40(31)2/h4-12,17-18,20,22,27,30H,13-16,19H2,1-3H3,(H,38,42)/t22-,27-,30+/m0/s1. The zero-order valence-corrected chi connectivity index (χ0v) is 24.6. The lowest BCUT2D eigenvalue weighted by Gasteiger charge is -2.22. The normalized spacial score (nSPS) is 18.4. The maximum Gasteiger partial charge on any atom is 0.226 e. The van der Waals surface area contributed by atoms with Gasteiger partial charge in [0.1, 0.15) is 0 Å². The predicted molar refractivity (Wildman–Crippen MR) is 162 cm³/mol. The van der Waals surface area contributed by atoms with Gasteiger partial charge in [0, 0.05) is 43.7 Å². The average Bonchev–Trinajstić information content (AvgIpc) is 3.69. The van der Waals surface area contributed by atoms with Crippen molar-refractivity contribution < 1.29 is 18.3 Å².